The lowest BCUT2D eigenvalue weighted by Gasteiger charge is -2.12. The molecule has 1 aliphatic carbocycles. The molecule has 0 aliphatic heterocycles. The van der Waals surface area contributed by atoms with Gasteiger partial charge >= 0.3 is 0 Å². The molecule has 0 radical (unpaired) electrons. The summed E-state index contributed by atoms with van der Waals surface area (Å²) in [5.41, 5.74) is 7.56. The molecule has 0 amide bonds. The summed E-state index contributed by atoms with van der Waals surface area (Å²) in [5.74, 6) is 2.43. The standard InChI is InChI=1S/C13H18N2OS/c1-8-5-9(8)7-15-12-6-10(16-2)3-4-11(12)13(14)17/h3-4,6,8-9,15H,5,7H2,1-2H3,(H2,14,17). The molecule has 2 rings (SSSR count). The number of ether oxygens (including phenoxy) is 1. The SMILES string of the molecule is COc1ccc(C(N)=S)c(NCC2CC2C)c1. The molecule has 1 fully saturated rings. The lowest BCUT2D eigenvalue weighted by molar-refractivity contribution is 0.415. The van der Waals surface area contributed by atoms with E-state index in [0.29, 0.717) is 4.99 Å². The van der Waals surface area contributed by atoms with Crippen LogP contribution in [-0.4, -0.2) is 18.6 Å². The number of hydrogen-bond acceptors (Lipinski definition) is 3. The number of nitrogens with two attached hydrogens (primary N) is 1. The molecule has 2 atom stereocenters. The van der Waals surface area contributed by atoms with Crippen LogP contribution >= 0.6 is 12.2 Å². The van der Waals surface area contributed by atoms with Gasteiger partial charge in [-0.05, 0) is 30.4 Å². The zero-order chi connectivity index (χ0) is 12.4. The first kappa shape index (κ1) is 12.2. The number of hydrogen-bond donors (Lipinski definition) is 2. The highest BCUT2D eigenvalue weighted by atomic mass is 32.1. The van der Waals surface area contributed by atoms with Crippen molar-refractivity contribution in [1.29, 1.82) is 0 Å². The largest absolute Gasteiger partial charge is 0.497 e. The fourth-order valence-corrected chi connectivity index (χ4v) is 2.11. The van der Waals surface area contributed by atoms with Crippen LogP contribution in [0.4, 0.5) is 5.69 Å². The molecule has 92 valence electrons. The van der Waals surface area contributed by atoms with Crippen molar-refractivity contribution in [2.75, 3.05) is 19.0 Å². The molecule has 0 saturated heterocycles. The highest BCUT2D eigenvalue weighted by molar-refractivity contribution is 7.80. The minimum atomic E-state index is 0.416. The van der Waals surface area contributed by atoms with Gasteiger partial charge in [0, 0.05) is 23.9 Å². The van der Waals surface area contributed by atoms with Crippen molar-refractivity contribution >= 4 is 22.9 Å². The lowest BCUT2D eigenvalue weighted by Crippen LogP contribution is -2.14. The molecule has 0 aromatic heterocycles. The van der Waals surface area contributed by atoms with Crippen LogP contribution in [0.2, 0.25) is 0 Å². The molecule has 1 aromatic rings. The van der Waals surface area contributed by atoms with Crippen molar-refractivity contribution in [2.24, 2.45) is 17.6 Å². The minimum absolute atomic E-state index is 0.416. The average Bonchev–Trinajstić information content (AvgIpc) is 3.02. The van der Waals surface area contributed by atoms with Gasteiger partial charge in [0.15, 0.2) is 0 Å². The topological polar surface area (TPSA) is 47.3 Å². The molecule has 17 heavy (non-hydrogen) atoms. The number of thiocarbonyl (C=S) groups is 1. The van der Waals surface area contributed by atoms with E-state index in [4.69, 9.17) is 22.7 Å². The maximum atomic E-state index is 5.71. The molecule has 0 bridgehead atoms. The van der Waals surface area contributed by atoms with E-state index in [0.717, 1.165) is 35.4 Å². The summed E-state index contributed by atoms with van der Waals surface area (Å²) in [6.07, 6.45) is 1.30. The Balaban J connectivity index is 2.13. The second kappa shape index (κ2) is 4.92. The predicted molar refractivity (Wildman–Crippen MR) is 74.6 cm³/mol. The summed E-state index contributed by atoms with van der Waals surface area (Å²) in [6, 6.07) is 5.72. The zero-order valence-electron chi connectivity index (χ0n) is 10.2. The van der Waals surface area contributed by atoms with Crippen LogP contribution in [0.5, 0.6) is 5.75 Å². The monoisotopic (exact) mass is 250 g/mol. The maximum absolute atomic E-state index is 5.71. The van der Waals surface area contributed by atoms with Gasteiger partial charge in [-0.1, -0.05) is 19.1 Å². The van der Waals surface area contributed by atoms with Crippen LogP contribution in [0.25, 0.3) is 0 Å². The molecule has 2 unspecified atom stereocenters. The second-order valence-electron chi connectivity index (χ2n) is 4.63. The van der Waals surface area contributed by atoms with Gasteiger partial charge in [-0.25, -0.2) is 0 Å². The minimum Gasteiger partial charge on any atom is -0.497 e. The molecule has 1 aliphatic rings. The number of anilines is 1. The molecular weight excluding hydrogens is 232 g/mol. The molecule has 3 N–H and O–H groups in total. The Labute approximate surface area is 107 Å². The van der Waals surface area contributed by atoms with E-state index in [9.17, 15) is 0 Å². The summed E-state index contributed by atoms with van der Waals surface area (Å²) in [4.78, 5) is 0.416. The Kier molecular flexibility index (Phi) is 3.52. The van der Waals surface area contributed by atoms with Gasteiger partial charge < -0.3 is 15.8 Å². The van der Waals surface area contributed by atoms with Crippen molar-refractivity contribution in [3.63, 3.8) is 0 Å². The van der Waals surface area contributed by atoms with Gasteiger partial charge in [0.05, 0.1) is 7.11 Å². The molecule has 0 spiro atoms. The van der Waals surface area contributed by atoms with Crippen molar-refractivity contribution in [1.82, 2.24) is 0 Å². The van der Waals surface area contributed by atoms with Crippen LogP contribution in [0.3, 0.4) is 0 Å². The van der Waals surface area contributed by atoms with E-state index in [1.807, 2.05) is 18.2 Å². The van der Waals surface area contributed by atoms with E-state index in [2.05, 4.69) is 12.2 Å². The first-order valence-corrected chi connectivity index (χ1v) is 6.24. The fraction of sp³-hybridized carbons (Fsp3) is 0.462. The molecule has 4 heteroatoms. The summed E-state index contributed by atoms with van der Waals surface area (Å²) in [6.45, 7) is 3.25. The molecule has 0 heterocycles. The molecule has 1 saturated carbocycles. The van der Waals surface area contributed by atoms with Gasteiger partial charge in [0.1, 0.15) is 10.7 Å². The third-order valence-electron chi connectivity index (χ3n) is 3.32. The first-order chi connectivity index (χ1) is 8.11. The number of methoxy groups -OCH3 is 1. The number of rotatable bonds is 5. The third kappa shape index (κ3) is 2.88. The van der Waals surface area contributed by atoms with Gasteiger partial charge in [-0.3, -0.25) is 0 Å². The van der Waals surface area contributed by atoms with Crippen LogP contribution < -0.4 is 15.8 Å². The van der Waals surface area contributed by atoms with Crippen LogP contribution in [0.15, 0.2) is 18.2 Å². The smallest absolute Gasteiger partial charge is 0.120 e. The number of nitrogens with one attached hydrogen (secondary N) is 1. The molecule has 1 aromatic carbocycles. The van der Waals surface area contributed by atoms with Crippen LogP contribution in [0, 0.1) is 11.8 Å². The second-order valence-corrected chi connectivity index (χ2v) is 5.07. The van der Waals surface area contributed by atoms with Gasteiger partial charge in [0.2, 0.25) is 0 Å². The Morgan fingerprint density at radius 1 is 1.59 bits per heavy atom. The summed E-state index contributed by atoms with van der Waals surface area (Å²) >= 11 is 5.04. The highest BCUT2D eigenvalue weighted by Crippen LogP contribution is 2.38. The normalized spacial score (nSPS) is 22.0. The summed E-state index contributed by atoms with van der Waals surface area (Å²) < 4.78 is 5.21. The Hall–Kier alpha value is -1.29. The van der Waals surface area contributed by atoms with Gasteiger partial charge in [0.25, 0.3) is 0 Å². The van der Waals surface area contributed by atoms with Gasteiger partial charge in [-0.15, -0.1) is 0 Å². The first-order valence-electron chi connectivity index (χ1n) is 5.83. The van der Waals surface area contributed by atoms with Crippen molar-refractivity contribution in [3.05, 3.63) is 23.8 Å². The third-order valence-corrected chi connectivity index (χ3v) is 3.54. The van der Waals surface area contributed by atoms with E-state index in [-0.39, 0.29) is 0 Å². The van der Waals surface area contributed by atoms with E-state index < -0.39 is 0 Å². The molecule has 3 nitrogen and oxygen atoms in total. The quantitative estimate of drug-likeness (QED) is 0.788. The van der Waals surface area contributed by atoms with Crippen LogP contribution in [0.1, 0.15) is 18.9 Å². The zero-order valence-corrected chi connectivity index (χ0v) is 11.0. The van der Waals surface area contributed by atoms with Gasteiger partial charge in [-0.2, -0.15) is 0 Å². The predicted octanol–water partition coefficient (Wildman–Crippen LogP) is 2.40. The Bertz CT molecular complexity index is 433. The highest BCUT2D eigenvalue weighted by Gasteiger charge is 2.32. The van der Waals surface area contributed by atoms with E-state index in [1.165, 1.54) is 6.42 Å². The van der Waals surface area contributed by atoms with Crippen molar-refractivity contribution in [3.8, 4) is 5.75 Å². The maximum Gasteiger partial charge on any atom is 0.120 e. The van der Waals surface area contributed by atoms with Crippen molar-refractivity contribution in [2.45, 2.75) is 13.3 Å². The fourth-order valence-electron chi connectivity index (χ4n) is 1.94. The summed E-state index contributed by atoms with van der Waals surface area (Å²) in [5, 5.41) is 3.41. The van der Waals surface area contributed by atoms with E-state index >= 15 is 0 Å². The Morgan fingerprint density at radius 2 is 2.29 bits per heavy atom. The summed E-state index contributed by atoms with van der Waals surface area (Å²) in [7, 11) is 1.66. The van der Waals surface area contributed by atoms with Crippen LogP contribution in [-0.2, 0) is 0 Å². The molecular formula is C13H18N2OS. The Morgan fingerprint density at radius 3 is 2.82 bits per heavy atom. The number of benzene rings is 1. The van der Waals surface area contributed by atoms with E-state index in [1.54, 1.807) is 7.11 Å². The lowest BCUT2D eigenvalue weighted by atomic mass is 10.1. The average molecular weight is 250 g/mol. The van der Waals surface area contributed by atoms with Crippen molar-refractivity contribution < 1.29 is 4.74 Å².